The SMILES string of the molecule is O=C1CCC(c2ncc(-c3ccc(F)cc3F)o2)CC1. The molecule has 1 aliphatic rings. The summed E-state index contributed by atoms with van der Waals surface area (Å²) < 4.78 is 32.1. The number of aromatic nitrogens is 1. The number of oxazole rings is 1. The monoisotopic (exact) mass is 277 g/mol. The van der Waals surface area contributed by atoms with E-state index in [-0.39, 0.29) is 23.0 Å². The molecule has 2 aromatic rings. The summed E-state index contributed by atoms with van der Waals surface area (Å²) in [5, 5.41) is 0. The first kappa shape index (κ1) is 13.0. The minimum absolute atomic E-state index is 0.102. The number of hydrogen-bond acceptors (Lipinski definition) is 3. The second kappa shape index (κ2) is 5.15. The second-order valence-corrected chi connectivity index (χ2v) is 5.00. The van der Waals surface area contributed by atoms with Gasteiger partial charge in [0, 0.05) is 24.8 Å². The predicted molar refractivity (Wildman–Crippen MR) is 68.1 cm³/mol. The highest BCUT2D eigenvalue weighted by Crippen LogP contribution is 2.33. The van der Waals surface area contributed by atoms with Gasteiger partial charge in [-0.25, -0.2) is 13.8 Å². The van der Waals surface area contributed by atoms with E-state index in [0.717, 1.165) is 6.07 Å². The molecule has 0 unspecified atom stereocenters. The Morgan fingerprint density at radius 1 is 1.20 bits per heavy atom. The van der Waals surface area contributed by atoms with E-state index in [1.54, 1.807) is 0 Å². The van der Waals surface area contributed by atoms with Crippen LogP contribution in [0, 0.1) is 11.6 Å². The molecule has 0 N–H and O–H groups in total. The zero-order chi connectivity index (χ0) is 14.1. The maximum absolute atomic E-state index is 13.7. The number of carbonyl (C=O) groups excluding carboxylic acids is 1. The lowest BCUT2D eigenvalue weighted by atomic mass is 9.88. The summed E-state index contributed by atoms with van der Waals surface area (Å²) in [7, 11) is 0. The van der Waals surface area contributed by atoms with Crippen molar-refractivity contribution >= 4 is 5.78 Å². The Bertz CT molecular complexity index is 641. The van der Waals surface area contributed by atoms with Crippen LogP contribution in [0.4, 0.5) is 8.78 Å². The third kappa shape index (κ3) is 2.48. The second-order valence-electron chi connectivity index (χ2n) is 5.00. The number of nitrogens with zero attached hydrogens (tertiary/aromatic N) is 1. The quantitative estimate of drug-likeness (QED) is 0.837. The molecule has 3 rings (SSSR count). The normalized spacial score (nSPS) is 16.6. The molecule has 0 amide bonds. The lowest BCUT2D eigenvalue weighted by Gasteiger charge is -2.17. The Labute approximate surface area is 114 Å². The molecule has 1 saturated carbocycles. The number of rotatable bonds is 2. The number of ketones is 1. The van der Waals surface area contributed by atoms with Crippen LogP contribution in [0.3, 0.4) is 0 Å². The maximum Gasteiger partial charge on any atom is 0.198 e. The smallest absolute Gasteiger partial charge is 0.198 e. The number of Topliss-reactive ketones (excluding diaryl/α,β-unsaturated/α-hetero) is 1. The first-order valence-corrected chi connectivity index (χ1v) is 6.56. The van der Waals surface area contributed by atoms with Gasteiger partial charge in [0.2, 0.25) is 0 Å². The van der Waals surface area contributed by atoms with E-state index in [0.29, 0.717) is 31.6 Å². The average molecular weight is 277 g/mol. The van der Waals surface area contributed by atoms with Gasteiger partial charge < -0.3 is 4.42 Å². The van der Waals surface area contributed by atoms with Crippen LogP contribution >= 0.6 is 0 Å². The summed E-state index contributed by atoms with van der Waals surface area (Å²) in [6.45, 7) is 0. The first-order valence-electron chi connectivity index (χ1n) is 6.56. The zero-order valence-corrected chi connectivity index (χ0v) is 10.7. The topological polar surface area (TPSA) is 43.1 Å². The van der Waals surface area contributed by atoms with Crippen molar-refractivity contribution in [1.29, 1.82) is 0 Å². The van der Waals surface area contributed by atoms with Gasteiger partial charge in [-0.05, 0) is 25.0 Å². The van der Waals surface area contributed by atoms with Crippen molar-refractivity contribution in [2.75, 3.05) is 0 Å². The number of carbonyl (C=O) groups is 1. The highest BCUT2D eigenvalue weighted by molar-refractivity contribution is 5.79. The van der Waals surface area contributed by atoms with E-state index in [1.807, 2.05) is 0 Å². The largest absolute Gasteiger partial charge is 0.440 e. The molecule has 0 aliphatic heterocycles. The van der Waals surface area contributed by atoms with E-state index >= 15 is 0 Å². The molecule has 0 radical (unpaired) electrons. The molecule has 3 nitrogen and oxygen atoms in total. The minimum atomic E-state index is -0.675. The molecule has 0 spiro atoms. The first-order chi connectivity index (χ1) is 9.63. The van der Waals surface area contributed by atoms with E-state index in [9.17, 15) is 13.6 Å². The fraction of sp³-hybridized carbons (Fsp3) is 0.333. The van der Waals surface area contributed by atoms with Crippen molar-refractivity contribution in [3.05, 3.63) is 41.9 Å². The van der Waals surface area contributed by atoms with Gasteiger partial charge in [0.15, 0.2) is 11.7 Å². The van der Waals surface area contributed by atoms with Crippen LogP contribution < -0.4 is 0 Å². The number of hydrogen-bond donors (Lipinski definition) is 0. The van der Waals surface area contributed by atoms with E-state index in [1.165, 1.54) is 18.3 Å². The molecule has 1 heterocycles. The van der Waals surface area contributed by atoms with E-state index < -0.39 is 11.6 Å². The van der Waals surface area contributed by atoms with Crippen LogP contribution in [0.15, 0.2) is 28.8 Å². The molecule has 104 valence electrons. The summed E-state index contributed by atoms with van der Waals surface area (Å²) >= 11 is 0. The molecule has 0 saturated heterocycles. The van der Waals surface area contributed by atoms with Gasteiger partial charge in [0.1, 0.15) is 17.4 Å². The lowest BCUT2D eigenvalue weighted by Crippen LogP contribution is -2.12. The molecule has 0 bridgehead atoms. The number of benzene rings is 1. The zero-order valence-electron chi connectivity index (χ0n) is 10.7. The Balaban J connectivity index is 1.84. The van der Waals surface area contributed by atoms with Gasteiger partial charge in [-0.3, -0.25) is 4.79 Å². The van der Waals surface area contributed by atoms with Crippen molar-refractivity contribution in [3.8, 4) is 11.3 Å². The molecule has 1 fully saturated rings. The van der Waals surface area contributed by atoms with Gasteiger partial charge >= 0.3 is 0 Å². The summed E-state index contributed by atoms with van der Waals surface area (Å²) in [5.74, 6) is -0.128. The average Bonchev–Trinajstić information content (AvgIpc) is 2.89. The van der Waals surface area contributed by atoms with Gasteiger partial charge in [-0.15, -0.1) is 0 Å². The van der Waals surface area contributed by atoms with E-state index in [4.69, 9.17) is 4.42 Å². The van der Waals surface area contributed by atoms with E-state index in [2.05, 4.69) is 4.98 Å². The fourth-order valence-electron chi connectivity index (χ4n) is 2.48. The molecule has 1 aromatic carbocycles. The molecule has 1 aliphatic carbocycles. The fourth-order valence-corrected chi connectivity index (χ4v) is 2.48. The highest BCUT2D eigenvalue weighted by atomic mass is 19.1. The highest BCUT2D eigenvalue weighted by Gasteiger charge is 2.24. The minimum Gasteiger partial charge on any atom is -0.440 e. The Kier molecular flexibility index (Phi) is 3.34. The Morgan fingerprint density at radius 2 is 1.95 bits per heavy atom. The van der Waals surface area contributed by atoms with Crippen LogP contribution in [0.25, 0.3) is 11.3 Å². The van der Waals surface area contributed by atoms with Crippen molar-refractivity contribution < 1.29 is 18.0 Å². The molecule has 0 atom stereocenters. The van der Waals surface area contributed by atoms with Crippen molar-refractivity contribution in [1.82, 2.24) is 4.98 Å². The molecular weight excluding hydrogens is 264 g/mol. The van der Waals surface area contributed by atoms with Crippen LogP contribution in [0.2, 0.25) is 0 Å². The van der Waals surface area contributed by atoms with Crippen molar-refractivity contribution in [3.63, 3.8) is 0 Å². The van der Waals surface area contributed by atoms with Gasteiger partial charge in [0.05, 0.1) is 11.8 Å². The Morgan fingerprint density at radius 3 is 2.65 bits per heavy atom. The molecular formula is C15H13F2NO2. The van der Waals surface area contributed by atoms with Crippen LogP contribution in [0.5, 0.6) is 0 Å². The number of halogens is 2. The third-order valence-electron chi connectivity index (χ3n) is 3.61. The van der Waals surface area contributed by atoms with Gasteiger partial charge in [-0.1, -0.05) is 0 Å². The molecule has 1 aromatic heterocycles. The summed E-state index contributed by atoms with van der Waals surface area (Å²) in [4.78, 5) is 15.4. The predicted octanol–water partition coefficient (Wildman–Crippen LogP) is 3.85. The van der Waals surface area contributed by atoms with Crippen molar-refractivity contribution in [2.45, 2.75) is 31.6 Å². The van der Waals surface area contributed by atoms with Gasteiger partial charge in [-0.2, -0.15) is 0 Å². The third-order valence-corrected chi connectivity index (χ3v) is 3.61. The Hall–Kier alpha value is -2.04. The van der Waals surface area contributed by atoms with Crippen LogP contribution in [0.1, 0.15) is 37.5 Å². The van der Waals surface area contributed by atoms with Crippen molar-refractivity contribution in [2.24, 2.45) is 0 Å². The maximum atomic E-state index is 13.7. The standard InChI is InChI=1S/C15H13F2NO2/c16-10-3-6-12(13(17)7-10)14-8-18-15(20-14)9-1-4-11(19)5-2-9/h3,6-9H,1-2,4-5H2. The van der Waals surface area contributed by atoms with Crippen LogP contribution in [-0.4, -0.2) is 10.8 Å². The lowest BCUT2D eigenvalue weighted by molar-refractivity contribution is -0.120. The molecule has 20 heavy (non-hydrogen) atoms. The van der Waals surface area contributed by atoms with Gasteiger partial charge in [0.25, 0.3) is 0 Å². The summed E-state index contributed by atoms with van der Waals surface area (Å²) in [5.41, 5.74) is 0.192. The summed E-state index contributed by atoms with van der Waals surface area (Å²) in [6.07, 6.45) is 3.94. The molecule has 5 heteroatoms. The summed E-state index contributed by atoms with van der Waals surface area (Å²) in [6, 6.07) is 3.33. The van der Waals surface area contributed by atoms with Crippen LogP contribution in [-0.2, 0) is 4.79 Å².